The molecule has 0 N–H and O–H groups in total. The number of likely N-dealkylation sites (tertiary alicyclic amines) is 1. The molecule has 4 nitrogen and oxygen atoms in total. The fraction of sp³-hybridized carbons (Fsp3) is 0.438. The number of pyridine rings is 1. The van der Waals surface area contributed by atoms with Gasteiger partial charge in [-0.15, -0.1) is 23.1 Å². The number of carbonyl (C=O) groups is 1. The van der Waals surface area contributed by atoms with Gasteiger partial charge in [0.2, 0.25) is 0 Å². The summed E-state index contributed by atoms with van der Waals surface area (Å²) >= 11 is 3.37. The van der Waals surface area contributed by atoms with E-state index < -0.39 is 0 Å². The Morgan fingerprint density at radius 1 is 1.36 bits per heavy atom. The van der Waals surface area contributed by atoms with Gasteiger partial charge in [-0.1, -0.05) is 6.92 Å². The lowest BCUT2D eigenvalue weighted by molar-refractivity contribution is 0.0792. The van der Waals surface area contributed by atoms with Gasteiger partial charge in [-0.25, -0.2) is 9.97 Å². The molecular formula is C16H19N3OS2. The summed E-state index contributed by atoms with van der Waals surface area (Å²) in [6, 6.07) is 3.82. The Kier molecular flexibility index (Phi) is 5.10. The molecule has 1 aliphatic heterocycles. The SMILES string of the molecule is CCc1nc(CSc2ccc(C(=O)N3CCCC3)cn2)cs1. The van der Waals surface area contributed by atoms with Gasteiger partial charge in [-0.2, -0.15) is 0 Å². The van der Waals surface area contributed by atoms with Crippen molar-refractivity contribution in [1.82, 2.24) is 14.9 Å². The van der Waals surface area contributed by atoms with Crippen LogP contribution >= 0.6 is 23.1 Å². The van der Waals surface area contributed by atoms with Crippen molar-refractivity contribution in [3.8, 4) is 0 Å². The summed E-state index contributed by atoms with van der Waals surface area (Å²) in [5.41, 5.74) is 1.79. The normalized spacial score (nSPS) is 14.5. The molecular weight excluding hydrogens is 314 g/mol. The van der Waals surface area contributed by atoms with Gasteiger partial charge in [-0.05, 0) is 31.4 Å². The number of hydrogen-bond donors (Lipinski definition) is 0. The Hall–Kier alpha value is -1.40. The molecule has 1 fully saturated rings. The summed E-state index contributed by atoms with van der Waals surface area (Å²) in [4.78, 5) is 23.1. The molecule has 1 saturated heterocycles. The number of thiazole rings is 1. The molecule has 2 aromatic heterocycles. The van der Waals surface area contributed by atoms with Crippen LogP contribution in [0.5, 0.6) is 0 Å². The Morgan fingerprint density at radius 2 is 2.18 bits per heavy atom. The van der Waals surface area contributed by atoms with Gasteiger partial charge in [0.25, 0.3) is 5.91 Å². The lowest BCUT2D eigenvalue weighted by Gasteiger charge is -2.14. The molecule has 22 heavy (non-hydrogen) atoms. The van der Waals surface area contributed by atoms with Crippen molar-refractivity contribution < 1.29 is 4.79 Å². The predicted molar refractivity (Wildman–Crippen MR) is 90.4 cm³/mol. The Bertz CT molecular complexity index is 633. The maximum atomic E-state index is 12.2. The van der Waals surface area contributed by atoms with E-state index in [1.54, 1.807) is 29.3 Å². The zero-order valence-corrected chi connectivity index (χ0v) is 14.3. The maximum absolute atomic E-state index is 12.2. The van der Waals surface area contributed by atoms with Crippen molar-refractivity contribution in [2.24, 2.45) is 0 Å². The summed E-state index contributed by atoms with van der Waals surface area (Å²) in [6.07, 6.45) is 4.91. The van der Waals surface area contributed by atoms with Crippen LogP contribution in [0.3, 0.4) is 0 Å². The first-order valence-electron chi connectivity index (χ1n) is 7.57. The van der Waals surface area contributed by atoms with Crippen LogP contribution in [0.1, 0.15) is 40.8 Å². The molecule has 3 heterocycles. The van der Waals surface area contributed by atoms with Crippen molar-refractivity contribution >= 4 is 29.0 Å². The second-order valence-electron chi connectivity index (χ2n) is 5.26. The Morgan fingerprint density at radius 3 is 2.82 bits per heavy atom. The van der Waals surface area contributed by atoms with E-state index in [-0.39, 0.29) is 5.91 Å². The summed E-state index contributed by atoms with van der Waals surface area (Å²) in [6.45, 7) is 3.87. The molecule has 0 aliphatic carbocycles. The van der Waals surface area contributed by atoms with E-state index in [0.29, 0.717) is 5.56 Å². The molecule has 0 radical (unpaired) electrons. The van der Waals surface area contributed by atoms with E-state index >= 15 is 0 Å². The standard InChI is InChI=1S/C16H19N3OS2/c1-2-14-18-13(10-21-14)11-22-15-6-5-12(9-17-15)16(20)19-7-3-4-8-19/h5-6,9-10H,2-4,7-8,11H2,1H3. The topological polar surface area (TPSA) is 46.1 Å². The molecule has 0 saturated carbocycles. The van der Waals surface area contributed by atoms with Crippen LogP contribution in [0, 0.1) is 0 Å². The van der Waals surface area contributed by atoms with E-state index in [1.807, 2.05) is 17.0 Å². The first-order valence-corrected chi connectivity index (χ1v) is 9.44. The molecule has 0 unspecified atom stereocenters. The molecule has 3 rings (SSSR count). The van der Waals surface area contributed by atoms with E-state index in [2.05, 4.69) is 22.3 Å². The zero-order valence-electron chi connectivity index (χ0n) is 12.6. The third-order valence-electron chi connectivity index (χ3n) is 3.65. The van der Waals surface area contributed by atoms with Crippen molar-refractivity contribution in [3.05, 3.63) is 40.0 Å². The summed E-state index contributed by atoms with van der Waals surface area (Å²) < 4.78 is 0. The third kappa shape index (κ3) is 3.67. The summed E-state index contributed by atoms with van der Waals surface area (Å²) in [7, 11) is 0. The molecule has 0 bridgehead atoms. The average molecular weight is 333 g/mol. The maximum Gasteiger partial charge on any atom is 0.255 e. The van der Waals surface area contributed by atoms with Gasteiger partial charge in [0.1, 0.15) is 0 Å². The third-order valence-corrected chi connectivity index (χ3v) is 5.67. The van der Waals surface area contributed by atoms with Crippen molar-refractivity contribution in [3.63, 3.8) is 0 Å². The molecule has 0 spiro atoms. The Labute approximate surface area is 139 Å². The van der Waals surface area contributed by atoms with E-state index in [0.717, 1.165) is 48.8 Å². The highest BCUT2D eigenvalue weighted by Crippen LogP contribution is 2.23. The molecule has 1 aliphatic rings. The monoisotopic (exact) mass is 333 g/mol. The number of aryl methyl sites for hydroxylation is 1. The van der Waals surface area contributed by atoms with Crippen molar-refractivity contribution in [2.75, 3.05) is 13.1 Å². The largest absolute Gasteiger partial charge is 0.339 e. The minimum atomic E-state index is 0.105. The zero-order chi connectivity index (χ0) is 15.4. The minimum absolute atomic E-state index is 0.105. The average Bonchev–Trinajstić information content (AvgIpc) is 3.24. The van der Waals surface area contributed by atoms with E-state index in [4.69, 9.17) is 0 Å². The highest BCUT2D eigenvalue weighted by Gasteiger charge is 2.19. The first kappa shape index (κ1) is 15.5. The van der Waals surface area contributed by atoms with Crippen LogP contribution in [0.15, 0.2) is 28.7 Å². The lowest BCUT2D eigenvalue weighted by Crippen LogP contribution is -2.27. The summed E-state index contributed by atoms with van der Waals surface area (Å²) in [5, 5.41) is 4.22. The van der Waals surface area contributed by atoms with Crippen LogP contribution in [-0.4, -0.2) is 33.9 Å². The highest BCUT2D eigenvalue weighted by atomic mass is 32.2. The van der Waals surface area contributed by atoms with Gasteiger partial charge < -0.3 is 4.90 Å². The smallest absolute Gasteiger partial charge is 0.255 e. The number of carbonyl (C=O) groups excluding carboxylic acids is 1. The van der Waals surface area contributed by atoms with Crippen LogP contribution < -0.4 is 0 Å². The highest BCUT2D eigenvalue weighted by molar-refractivity contribution is 7.98. The number of amides is 1. The fourth-order valence-electron chi connectivity index (χ4n) is 2.42. The minimum Gasteiger partial charge on any atom is -0.339 e. The molecule has 1 amide bonds. The van der Waals surface area contributed by atoms with E-state index in [1.165, 1.54) is 5.01 Å². The molecule has 0 aromatic carbocycles. The van der Waals surface area contributed by atoms with Gasteiger partial charge in [0.05, 0.1) is 21.3 Å². The van der Waals surface area contributed by atoms with Crippen LogP contribution in [0.25, 0.3) is 0 Å². The lowest BCUT2D eigenvalue weighted by atomic mass is 10.2. The second-order valence-corrected chi connectivity index (χ2v) is 7.20. The van der Waals surface area contributed by atoms with Crippen LogP contribution in [0.4, 0.5) is 0 Å². The molecule has 2 aromatic rings. The number of nitrogens with zero attached hydrogens (tertiary/aromatic N) is 3. The van der Waals surface area contributed by atoms with Crippen LogP contribution in [-0.2, 0) is 12.2 Å². The van der Waals surface area contributed by atoms with Gasteiger partial charge >= 0.3 is 0 Å². The number of aromatic nitrogens is 2. The second kappa shape index (κ2) is 7.24. The molecule has 0 atom stereocenters. The van der Waals surface area contributed by atoms with Gasteiger partial charge in [0, 0.05) is 30.4 Å². The van der Waals surface area contributed by atoms with Crippen molar-refractivity contribution in [2.45, 2.75) is 37.0 Å². The first-order chi connectivity index (χ1) is 10.8. The number of hydrogen-bond acceptors (Lipinski definition) is 5. The van der Waals surface area contributed by atoms with Gasteiger partial charge in [-0.3, -0.25) is 4.79 Å². The number of thioether (sulfide) groups is 1. The van der Waals surface area contributed by atoms with E-state index in [9.17, 15) is 4.79 Å². The van der Waals surface area contributed by atoms with Crippen molar-refractivity contribution in [1.29, 1.82) is 0 Å². The summed E-state index contributed by atoms with van der Waals surface area (Å²) in [5.74, 6) is 0.928. The fourth-order valence-corrected chi connectivity index (χ4v) is 4.01. The predicted octanol–water partition coefficient (Wildman–Crippen LogP) is 3.63. The number of rotatable bonds is 5. The molecule has 116 valence electrons. The Balaban J connectivity index is 1.57. The van der Waals surface area contributed by atoms with Gasteiger partial charge in [0.15, 0.2) is 0 Å². The quantitative estimate of drug-likeness (QED) is 0.784. The van der Waals surface area contributed by atoms with Crippen LogP contribution in [0.2, 0.25) is 0 Å². The molecule has 6 heteroatoms.